The number of amidine groups is 1. The number of fused-ring (bicyclic) bond motifs is 1. The number of benzene rings is 1. The van der Waals surface area contributed by atoms with Crippen LogP contribution in [0.1, 0.15) is 12.6 Å². The van der Waals surface area contributed by atoms with Gasteiger partial charge in [0.1, 0.15) is 12.0 Å². The molecule has 1 unspecified atom stereocenters. The summed E-state index contributed by atoms with van der Waals surface area (Å²) in [4.78, 5) is 22.1. The van der Waals surface area contributed by atoms with Crippen LogP contribution in [0.2, 0.25) is 0 Å². The SMILES string of the molecule is CC[N+]1(c2ccc(F)c(OC)c2)C(c2ccnc(NC)n2)=Nc2cncnc21. The van der Waals surface area contributed by atoms with Crippen LogP contribution in [0, 0.1) is 5.82 Å². The van der Waals surface area contributed by atoms with E-state index in [-0.39, 0.29) is 10.2 Å². The number of aromatic nitrogens is 4. The lowest BCUT2D eigenvalue weighted by Gasteiger charge is -2.32. The Labute approximate surface area is 161 Å². The van der Waals surface area contributed by atoms with Crippen LogP contribution in [-0.2, 0) is 0 Å². The number of quaternary nitrogens is 1. The van der Waals surface area contributed by atoms with Crippen LogP contribution in [0.3, 0.4) is 0 Å². The van der Waals surface area contributed by atoms with Crippen molar-refractivity contribution in [1.29, 1.82) is 0 Å². The first-order chi connectivity index (χ1) is 13.6. The zero-order valence-electron chi connectivity index (χ0n) is 15.7. The monoisotopic (exact) mass is 380 g/mol. The molecule has 8 nitrogen and oxygen atoms in total. The molecule has 3 aromatic rings. The van der Waals surface area contributed by atoms with Crippen molar-refractivity contribution in [3.8, 4) is 5.75 Å². The largest absolute Gasteiger partial charge is 0.493 e. The van der Waals surface area contributed by atoms with Crippen molar-refractivity contribution in [2.75, 3.05) is 26.0 Å². The molecule has 0 fully saturated rings. The summed E-state index contributed by atoms with van der Waals surface area (Å²) in [6.45, 7) is 2.60. The van der Waals surface area contributed by atoms with Crippen molar-refractivity contribution >= 4 is 29.0 Å². The van der Waals surface area contributed by atoms with E-state index in [1.165, 1.54) is 19.5 Å². The Morgan fingerprint density at radius 2 is 2.07 bits per heavy atom. The number of methoxy groups -OCH3 is 1. The highest BCUT2D eigenvalue weighted by atomic mass is 19.1. The molecular weight excluding hydrogens is 361 g/mol. The Morgan fingerprint density at radius 3 is 2.82 bits per heavy atom. The van der Waals surface area contributed by atoms with E-state index in [0.717, 1.165) is 5.69 Å². The Balaban J connectivity index is 1.99. The maximum Gasteiger partial charge on any atom is 0.268 e. The predicted molar refractivity (Wildman–Crippen MR) is 105 cm³/mol. The van der Waals surface area contributed by atoms with Gasteiger partial charge in [-0.15, -0.1) is 0 Å². The number of nitrogens with one attached hydrogen (secondary N) is 1. The highest BCUT2D eigenvalue weighted by Crippen LogP contribution is 2.46. The zero-order valence-corrected chi connectivity index (χ0v) is 15.7. The topological polar surface area (TPSA) is 85.2 Å². The summed E-state index contributed by atoms with van der Waals surface area (Å²) in [6, 6.07) is 6.57. The molecule has 0 spiro atoms. The number of hydrogen-bond acceptors (Lipinski definition) is 7. The second-order valence-corrected chi connectivity index (χ2v) is 6.13. The van der Waals surface area contributed by atoms with Gasteiger partial charge in [-0.2, -0.15) is 14.5 Å². The molecule has 1 atom stereocenters. The van der Waals surface area contributed by atoms with Gasteiger partial charge < -0.3 is 10.1 Å². The molecule has 2 aromatic heterocycles. The number of rotatable bonds is 5. The molecule has 0 amide bonds. The lowest BCUT2D eigenvalue weighted by Crippen LogP contribution is -2.49. The minimum atomic E-state index is -0.430. The predicted octanol–water partition coefficient (Wildman–Crippen LogP) is 3.21. The van der Waals surface area contributed by atoms with Crippen LogP contribution in [0.5, 0.6) is 5.75 Å². The third-order valence-corrected chi connectivity index (χ3v) is 4.78. The summed E-state index contributed by atoms with van der Waals surface area (Å²) in [7, 11) is 3.19. The maximum atomic E-state index is 14.1. The highest BCUT2D eigenvalue weighted by molar-refractivity contribution is 6.14. The van der Waals surface area contributed by atoms with Crippen molar-refractivity contribution < 1.29 is 9.13 Å². The molecule has 1 N–H and O–H groups in total. The zero-order chi connectivity index (χ0) is 19.7. The van der Waals surface area contributed by atoms with Crippen LogP contribution in [-0.4, -0.2) is 46.5 Å². The summed E-state index contributed by atoms with van der Waals surface area (Å²) < 4.78 is 19.5. The number of aliphatic imine (C=N–C) groups is 1. The second-order valence-electron chi connectivity index (χ2n) is 6.13. The highest BCUT2D eigenvalue weighted by Gasteiger charge is 2.48. The molecule has 4 rings (SSSR count). The number of halogens is 1. The summed E-state index contributed by atoms with van der Waals surface area (Å²) in [6.07, 6.45) is 4.82. The fourth-order valence-electron chi connectivity index (χ4n) is 3.46. The van der Waals surface area contributed by atoms with E-state index in [2.05, 4.69) is 25.3 Å². The Morgan fingerprint density at radius 1 is 1.21 bits per heavy atom. The molecule has 0 bridgehead atoms. The van der Waals surface area contributed by atoms with Gasteiger partial charge in [0.15, 0.2) is 22.9 Å². The van der Waals surface area contributed by atoms with Crippen molar-refractivity contribution in [3.63, 3.8) is 0 Å². The molecule has 3 heterocycles. The quantitative estimate of drug-likeness (QED) is 0.684. The summed E-state index contributed by atoms with van der Waals surface area (Å²) >= 11 is 0. The normalized spacial score (nSPS) is 17.8. The van der Waals surface area contributed by atoms with Crippen molar-refractivity contribution in [1.82, 2.24) is 24.4 Å². The lowest BCUT2D eigenvalue weighted by molar-refractivity contribution is 0.385. The minimum absolute atomic E-state index is 0.156. The Hall–Kier alpha value is -3.46. The average Bonchev–Trinajstić information content (AvgIpc) is 3.09. The number of nitrogens with zero attached hydrogens (tertiary/aromatic N) is 6. The molecule has 9 heteroatoms. The minimum Gasteiger partial charge on any atom is -0.493 e. The van der Waals surface area contributed by atoms with Crippen LogP contribution in [0.15, 0.2) is 48.0 Å². The van der Waals surface area contributed by atoms with E-state index < -0.39 is 5.82 Å². The fraction of sp³-hybridized carbons (Fsp3) is 0.211. The van der Waals surface area contributed by atoms with Gasteiger partial charge in [-0.1, -0.05) is 0 Å². The first-order valence-electron chi connectivity index (χ1n) is 8.77. The summed E-state index contributed by atoms with van der Waals surface area (Å²) in [5, 5.41) is 2.94. The smallest absolute Gasteiger partial charge is 0.268 e. The van der Waals surface area contributed by atoms with Crippen LogP contribution >= 0.6 is 0 Å². The van der Waals surface area contributed by atoms with Gasteiger partial charge in [-0.05, 0) is 19.1 Å². The second kappa shape index (κ2) is 6.93. The Kier molecular flexibility index (Phi) is 4.44. The van der Waals surface area contributed by atoms with Crippen LogP contribution in [0.25, 0.3) is 0 Å². The van der Waals surface area contributed by atoms with E-state index in [1.807, 2.05) is 6.92 Å². The van der Waals surface area contributed by atoms with Crippen molar-refractivity contribution in [2.45, 2.75) is 6.92 Å². The fourth-order valence-corrected chi connectivity index (χ4v) is 3.46. The lowest BCUT2D eigenvalue weighted by atomic mass is 10.1. The standard InChI is InChI=1S/C19H19FN7O/c1-4-27(12-5-6-13(20)16(9-12)28-3)17-15(10-22-11-24-17)25-18(27)14-7-8-23-19(21-2)26-14/h5-11H,4H2,1-3H3,(H,21,23,26)/q+1. The van der Waals surface area contributed by atoms with Crippen LogP contribution in [0.4, 0.5) is 27.5 Å². The number of anilines is 1. The number of hydrogen-bond donors (Lipinski definition) is 1. The Bertz CT molecular complexity index is 1070. The first kappa shape index (κ1) is 17.9. The third kappa shape index (κ3) is 2.59. The van der Waals surface area contributed by atoms with Crippen molar-refractivity contribution in [3.05, 3.63) is 54.5 Å². The van der Waals surface area contributed by atoms with Gasteiger partial charge in [0.05, 0.1) is 19.9 Å². The average molecular weight is 380 g/mol. The molecular formula is C19H19FN7O+. The third-order valence-electron chi connectivity index (χ3n) is 4.78. The van der Waals surface area contributed by atoms with E-state index in [0.29, 0.717) is 35.5 Å². The summed E-state index contributed by atoms with van der Waals surface area (Å²) in [5.74, 6) is 1.56. The van der Waals surface area contributed by atoms with Gasteiger partial charge in [0, 0.05) is 25.4 Å². The number of ether oxygens (including phenoxy) is 1. The van der Waals surface area contributed by atoms with Gasteiger partial charge >= 0.3 is 0 Å². The molecule has 28 heavy (non-hydrogen) atoms. The molecule has 1 aromatic carbocycles. The van der Waals surface area contributed by atoms with Crippen molar-refractivity contribution in [2.24, 2.45) is 4.99 Å². The van der Waals surface area contributed by atoms with Gasteiger partial charge in [-0.25, -0.2) is 19.3 Å². The van der Waals surface area contributed by atoms with Crippen LogP contribution < -0.4 is 14.5 Å². The first-order valence-corrected chi connectivity index (χ1v) is 8.77. The molecule has 1 aliphatic rings. The van der Waals surface area contributed by atoms with Gasteiger partial charge in [0.2, 0.25) is 5.95 Å². The summed E-state index contributed by atoms with van der Waals surface area (Å²) in [5.41, 5.74) is 2.05. The van der Waals surface area contributed by atoms with E-state index in [9.17, 15) is 4.39 Å². The van der Waals surface area contributed by atoms with E-state index in [4.69, 9.17) is 9.73 Å². The maximum absolute atomic E-state index is 14.1. The van der Waals surface area contributed by atoms with E-state index >= 15 is 0 Å². The van der Waals surface area contributed by atoms with E-state index in [1.54, 1.807) is 37.6 Å². The molecule has 142 valence electrons. The van der Waals surface area contributed by atoms with Gasteiger partial charge in [-0.3, -0.25) is 0 Å². The molecule has 0 radical (unpaired) electrons. The van der Waals surface area contributed by atoms with Gasteiger partial charge in [0.25, 0.3) is 11.7 Å². The molecule has 0 saturated heterocycles. The molecule has 1 aliphatic heterocycles. The molecule has 0 aliphatic carbocycles. The molecule has 0 saturated carbocycles.